The first-order chi connectivity index (χ1) is 15.4. The Labute approximate surface area is 194 Å². The monoisotopic (exact) mass is 448 g/mol. The van der Waals surface area contributed by atoms with Gasteiger partial charge in [0.05, 0.1) is 19.8 Å². The highest BCUT2D eigenvalue weighted by Gasteiger charge is 2.50. The van der Waals surface area contributed by atoms with Gasteiger partial charge in [-0.25, -0.2) is 0 Å². The summed E-state index contributed by atoms with van der Waals surface area (Å²) in [6, 6.07) is 29.4. The molecule has 3 aromatic carbocycles. The predicted octanol–water partition coefficient (Wildman–Crippen LogP) is 4.88. The number of hydrogen-bond acceptors (Lipinski definition) is 3. The molecule has 0 saturated carbocycles. The van der Waals surface area contributed by atoms with E-state index in [9.17, 15) is 5.11 Å². The van der Waals surface area contributed by atoms with E-state index >= 15 is 0 Å². The number of ether oxygens (including phenoxy) is 1. The molecule has 4 heteroatoms. The van der Waals surface area contributed by atoms with Gasteiger partial charge in [0, 0.05) is 0 Å². The van der Waals surface area contributed by atoms with E-state index in [0.717, 1.165) is 12.0 Å². The number of aryl methyl sites for hydroxylation is 1. The molecule has 3 aromatic rings. The smallest absolute Gasteiger partial charge is 0.261 e. The van der Waals surface area contributed by atoms with Crippen molar-refractivity contribution < 1.29 is 14.3 Å². The second kappa shape index (κ2) is 11.1. The van der Waals surface area contributed by atoms with Crippen molar-refractivity contribution in [2.75, 3.05) is 19.8 Å². The van der Waals surface area contributed by atoms with Crippen LogP contribution in [-0.2, 0) is 15.6 Å². The molecule has 3 nitrogen and oxygen atoms in total. The number of benzene rings is 3. The lowest BCUT2D eigenvalue weighted by Gasteiger charge is -2.43. The van der Waals surface area contributed by atoms with Gasteiger partial charge in [0.25, 0.3) is 8.32 Å². The van der Waals surface area contributed by atoms with Crippen molar-refractivity contribution in [3.63, 3.8) is 0 Å². The number of hydrogen-bond donors (Lipinski definition) is 1. The summed E-state index contributed by atoms with van der Waals surface area (Å²) >= 11 is 0. The van der Waals surface area contributed by atoms with Crippen LogP contribution in [0, 0.1) is 0 Å². The zero-order valence-electron chi connectivity index (χ0n) is 19.8. The molecule has 0 aliphatic heterocycles. The van der Waals surface area contributed by atoms with E-state index in [2.05, 4.69) is 94.4 Å². The molecule has 1 atom stereocenters. The highest BCUT2D eigenvalue weighted by molar-refractivity contribution is 6.99. The van der Waals surface area contributed by atoms with Crippen LogP contribution in [0.25, 0.3) is 0 Å². The minimum atomic E-state index is -2.57. The Morgan fingerprint density at radius 3 is 1.81 bits per heavy atom. The maximum Gasteiger partial charge on any atom is 0.261 e. The molecule has 0 amide bonds. The summed E-state index contributed by atoms with van der Waals surface area (Å²) in [6.07, 6.45) is 0.572. The molecule has 0 saturated heterocycles. The Balaban J connectivity index is 1.84. The van der Waals surface area contributed by atoms with Gasteiger partial charge in [-0.05, 0) is 33.0 Å². The van der Waals surface area contributed by atoms with E-state index in [1.807, 2.05) is 18.2 Å². The maximum atomic E-state index is 9.99. The first-order valence-corrected chi connectivity index (χ1v) is 13.4. The largest absolute Gasteiger partial charge is 0.405 e. The molecule has 0 radical (unpaired) electrons. The summed E-state index contributed by atoms with van der Waals surface area (Å²) in [5, 5.41) is 12.4. The Hall–Kier alpha value is -2.24. The number of rotatable bonds is 10. The highest BCUT2D eigenvalue weighted by Crippen LogP contribution is 2.36. The third-order valence-corrected chi connectivity index (χ3v) is 11.1. The highest BCUT2D eigenvalue weighted by atomic mass is 28.4. The lowest BCUT2D eigenvalue weighted by Crippen LogP contribution is -2.66. The van der Waals surface area contributed by atoms with Crippen LogP contribution in [0.2, 0.25) is 5.04 Å². The van der Waals surface area contributed by atoms with Crippen molar-refractivity contribution in [1.82, 2.24) is 0 Å². The average Bonchev–Trinajstić information content (AvgIpc) is 2.82. The fraction of sp³-hybridized carbons (Fsp3) is 0.357. The van der Waals surface area contributed by atoms with Crippen molar-refractivity contribution in [1.29, 1.82) is 0 Å². The van der Waals surface area contributed by atoms with Gasteiger partial charge >= 0.3 is 0 Å². The van der Waals surface area contributed by atoms with Gasteiger partial charge in [0.15, 0.2) is 0 Å². The molecule has 0 aliphatic rings. The predicted molar refractivity (Wildman–Crippen MR) is 135 cm³/mol. The van der Waals surface area contributed by atoms with Crippen LogP contribution in [0.15, 0.2) is 84.9 Å². The SMILES string of the molecule is CCc1ccccc1C(CO)OCCO[Si](c1ccccc1)(c1ccccc1)C(C)(C)C. The normalized spacial score (nSPS) is 13.2. The van der Waals surface area contributed by atoms with E-state index in [0.29, 0.717) is 13.2 Å². The molecule has 1 N–H and O–H groups in total. The second-order valence-electron chi connectivity index (χ2n) is 9.11. The molecule has 3 rings (SSSR count). The van der Waals surface area contributed by atoms with Gasteiger partial charge in [-0.2, -0.15) is 0 Å². The molecule has 1 unspecified atom stereocenters. The summed E-state index contributed by atoms with van der Waals surface area (Å²) in [5.74, 6) is 0. The lowest BCUT2D eigenvalue weighted by atomic mass is 10.0. The molecule has 0 bridgehead atoms. The maximum absolute atomic E-state index is 9.99. The van der Waals surface area contributed by atoms with Crippen LogP contribution < -0.4 is 10.4 Å². The van der Waals surface area contributed by atoms with E-state index < -0.39 is 8.32 Å². The van der Waals surface area contributed by atoms with E-state index in [1.54, 1.807) is 0 Å². The Bertz CT molecular complexity index is 912. The van der Waals surface area contributed by atoms with E-state index in [1.165, 1.54) is 15.9 Å². The van der Waals surface area contributed by atoms with Gasteiger partial charge in [-0.15, -0.1) is 0 Å². The van der Waals surface area contributed by atoms with Crippen molar-refractivity contribution in [2.24, 2.45) is 0 Å². The fourth-order valence-electron chi connectivity index (χ4n) is 4.56. The minimum Gasteiger partial charge on any atom is -0.405 e. The quantitative estimate of drug-likeness (QED) is 0.355. The topological polar surface area (TPSA) is 38.7 Å². The van der Waals surface area contributed by atoms with E-state index in [4.69, 9.17) is 9.16 Å². The average molecular weight is 449 g/mol. The van der Waals surface area contributed by atoms with Crippen molar-refractivity contribution >= 4 is 18.7 Å². The van der Waals surface area contributed by atoms with Crippen LogP contribution >= 0.6 is 0 Å². The summed E-state index contributed by atoms with van der Waals surface area (Å²) in [4.78, 5) is 0. The van der Waals surface area contributed by atoms with Gasteiger partial charge in [0.1, 0.15) is 6.10 Å². The molecular formula is C28H36O3Si. The molecule has 0 heterocycles. The lowest BCUT2D eigenvalue weighted by molar-refractivity contribution is -0.00290. The molecule has 0 aromatic heterocycles. The summed E-state index contributed by atoms with van der Waals surface area (Å²) in [7, 11) is -2.57. The molecular weight excluding hydrogens is 412 g/mol. The van der Waals surface area contributed by atoms with Crippen molar-refractivity contribution in [2.45, 2.75) is 45.3 Å². The molecule has 0 spiro atoms. The van der Waals surface area contributed by atoms with Crippen LogP contribution in [-0.4, -0.2) is 33.2 Å². The van der Waals surface area contributed by atoms with Crippen molar-refractivity contribution in [3.05, 3.63) is 96.1 Å². The second-order valence-corrected chi connectivity index (χ2v) is 13.4. The zero-order valence-corrected chi connectivity index (χ0v) is 20.8. The number of aliphatic hydroxyl groups is 1. The first-order valence-electron chi connectivity index (χ1n) is 11.5. The first kappa shape index (κ1) is 24.4. The molecule has 32 heavy (non-hydrogen) atoms. The molecule has 0 aliphatic carbocycles. The Morgan fingerprint density at radius 1 is 0.781 bits per heavy atom. The van der Waals surface area contributed by atoms with Gasteiger partial charge < -0.3 is 14.3 Å². The van der Waals surface area contributed by atoms with Crippen LogP contribution in [0.1, 0.15) is 44.9 Å². The van der Waals surface area contributed by atoms with Gasteiger partial charge in [-0.1, -0.05) is 113 Å². The standard InChI is InChI=1S/C28H36O3Si/c1-5-23-14-12-13-19-26(23)27(22-29)30-20-21-31-32(28(2,3)4,24-15-8-6-9-16-24)25-17-10-7-11-18-25/h6-19,27,29H,5,20-22H2,1-4H3. The summed E-state index contributed by atoms with van der Waals surface area (Å²) in [5.41, 5.74) is 2.27. The molecule has 170 valence electrons. The fourth-order valence-corrected chi connectivity index (χ4v) is 9.10. The van der Waals surface area contributed by atoms with Crippen LogP contribution in [0.3, 0.4) is 0 Å². The van der Waals surface area contributed by atoms with E-state index in [-0.39, 0.29) is 17.7 Å². The summed E-state index contributed by atoms with van der Waals surface area (Å²) in [6.45, 7) is 9.79. The van der Waals surface area contributed by atoms with Gasteiger partial charge in [0.2, 0.25) is 0 Å². The number of aliphatic hydroxyl groups excluding tert-OH is 1. The molecule has 0 fully saturated rings. The Kier molecular flexibility index (Phi) is 8.43. The minimum absolute atomic E-state index is 0.0454. The van der Waals surface area contributed by atoms with Gasteiger partial charge in [-0.3, -0.25) is 0 Å². The Morgan fingerprint density at radius 2 is 1.31 bits per heavy atom. The third-order valence-electron chi connectivity index (χ3n) is 6.09. The summed E-state index contributed by atoms with van der Waals surface area (Å²) < 4.78 is 13.0. The zero-order chi connectivity index (χ0) is 23.0. The third kappa shape index (κ3) is 5.21. The van der Waals surface area contributed by atoms with Crippen molar-refractivity contribution in [3.8, 4) is 0 Å². The van der Waals surface area contributed by atoms with Crippen LogP contribution in [0.5, 0.6) is 0 Å². The van der Waals surface area contributed by atoms with Crippen LogP contribution in [0.4, 0.5) is 0 Å².